The average Bonchev–Trinajstić information content (AvgIpc) is 3.33. The molecule has 4 rings (SSSR count). The van der Waals surface area contributed by atoms with Gasteiger partial charge in [0, 0.05) is 32.4 Å². The molecule has 0 aliphatic carbocycles. The van der Waals surface area contributed by atoms with Crippen molar-refractivity contribution in [1.29, 1.82) is 0 Å². The minimum absolute atomic E-state index is 0.0869. The molecule has 2 aromatic carbocycles. The van der Waals surface area contributed by atoms with Crippen molar-refractivity contribution in [3.63, 3.8) is 0 Å². The van der Waals surface area contributed by atoms with Crippen LogP contribution in [0.25, 0.3) is 0 Å². The molecule has 0 aromatic heterocycles. The molecule has 1 saturated heterocycles. The summed E-state index contributed by atoms with van der Waals surface area (Å²) in [5, 5.41) is 5.62. The van der Waals surface area contributed by atoms with Gasteiger partial charge >= 0.3 is 11.8 Å². The highest BCUT2D eigenvalue weighted by Crippen LogP contribution is 2.31. The third kappa shape index (κ3) is 5.30. The van der Waals surface area contributed by atoms with Crippen LogP contribution in [0.3, 0.4) is 0 Å². The Balaban J connectivity index is 1.39. The summed E-state index contributed by atoms with van der Waals surface area (Å²) in [5.74, 6) is -1.16. The van der Waals surface area contributed by atoms with Gasteiger partial charge in [-0.05, 0) is 68.5 Å². The summed E-state index contributed by atoms with van der Waals surface area (Å²) in [6.07, 6.45) is 4.61. The lowest BCUT2D eigenvalue weighted by molar-refractivity contribution is -0.139. The molecule has 2 amide bonds. The molecule has 1 atom stereocenters. The zero-order valence-electron chi connectivity index (χ0n) is 19.2. The Labute approximate surface area is 191 Å². The molecule has 0 bridgehead atoms. The number of hydrogen-bond donors (Lipinski definition) is 2. The van der Waals surface area contributed by atoms with Gasteiger partial charge in [-0.1, -0.05) is 42.0 Å². The van der Waals surface area contributed by atoms with Gasteiger partial charge < -0.3 is 15.5 Å². The van der Waals surface area contributed by atoms with Crippen LogP contribution in [-0.2, 0) is 22.6 Å². The number of carbonyl (C=O) groups excluding carboxylic acids is 2. The van der Waals surface area contributed by atoms with Gasteiger partial charge in [0.1, 0.15) is 0 Å². The molecule has 2 N–H and O–H groups in total. The standard InChI is InChI=1S/C26H34N4O2/c1-19-7-9-20(10-8-19)17-27-25(31)26(32)28-18-24(30-14-3-4-15-30)22-11-12-23-21(16-22)6-5-13-29(23)2/h7-12,16,24H,3-6,13-15,17-18H2,1-2H3,(H,27,31)(H,28,32)/t24-/m0/s1. The number of carbonyl (C=O) groups is 2. The van der Waals surface area contributed by atoms with Gasteiger partial charge in [0.25, 0.3) is 0 Å². The first kappa shape index (κ1) is 22.3. The van der Waals surface area contributed by atoms with Crippen molar-refractivity contribution in [2.75, 3.05) is 38.1 Å². The normalized spacial score (nSPS) is 17.0. The second-order valence-corrected chi connectivity index (χ2v) is 9.05. The third-order valence-corrected chi connectivity index (χ3v) is 6.66. The topological polar surface area (TPSA) is 64.7 Å². The van der Waals surface area contributed by atoms with E-state index < -0.39 is 11.8 Å². The minimum atomic E-state index is -0.585. The monoisotopic (exact) mass is 434 g/mol. The van der Waals surface area contributed by atoms with Gasteiger partial charge in [-0.15, -0.1) is 0 Å². The number of anilines is 1. The molecular weight excluding hydrogens is 400 g/mol. The van der Waals surface area contributed by atoms with Gasteiger partial charge in [-0.3, -0.25) is 14.5 Å². The Morgan fingerprint density at radius 2 is 1.66 bits per heavy atom. The maximum Gasteiger partial charge on any atom is 0.309 e. The second kappa shape index (κ2) is 10.2. The zero-order chi connectivity index (χ0) is 22.5. The Hall–Kier alpha value is -2.86. The quantitative estimate of drug-likeness (QED) is 0.686. The summed E-state index contributed by atoms with van der Waals surface area (Å²) in [6, 6.07) is 14.7. The molecule has 0 radical (unpaired) electrons. The van der Waals surface area contributed by atoms with Crippen LogP contribution < -0.4 is 15.5 Å². The first-order valence-electron chi connectivity index (χ1n) is 11.7. The number of rotatable bonds is 6. The van der Waals surface area contributed by atoms with E-state index in [2.05, 4.69) is 45.7 Å². The van der Waals surface area contributed by atoms with Gasteiger partial charge in [-0.25, -0.2) is 0 Å². The number of nitrogens with one attached hydrogen (secondary N) is 2. The predicted molar refractivity (Wildman–Crippen MR) is 128 cm³/mol. The number of aryl methyl sites for hydroxylation is 2. The van der Waals surface area contributed by atoms with Crippen molar-refractivity contribution in [2.24, 2.45) is 0 Å². The molecule has 1 fully saturated rings. The van der Waals surface area contributed by atoms with E-state index >= 15 is 0 Å². The van der Waals surface area contributed by atoms with Gasteiger partial charge in [0.15, 0.2) is 0 Å². The van der Waals surface area contributed by atoms with E-state index in [1.54, 1.807) is 0 Å². The lowest BCUT2D eigenvalue weighted by Gasteiger charge is -2.31. The van der Waals surface area contributed by atoms with Crippen molar-refractivity contribution in [1.82, 2.24) is 15.5 Å². The van der Waals surface area contributed by atoms with E-state index in [1.165, 1.54) is 41.6 Å². The fourth-order valence-corrected chi connectivity index (χ4v) is 4.76. The number of nitrogens with zero attached hydrogens (tertiary/aromatic N) is 2. The molecular formula is C26H34N4O2. The van der Waals surface area contributed by atoms with Crippen LogP contribution in [-0.4, -0.2) is 49.9 Å². The minimum Gasteiger partial charge on any atom is -0.374 e. The molecule has 2 heterocycles. The van der Waals surface area contributed by atoms with E-state index in [1.807, 2.05) is 31.2 Å². The molecule has 2 aliphatic heterocycles. The molecule has 0 unspecified atom stereocenters. The largest absolute Gasteiger partial charge is 0.374 e. The SMILES string of the molecule is Cc1ccc(CNC(=O)C(=O)NC[C@@H](c2ccc3c(c2)CCCN3C)N2CCCC2)cc1. The third-order valence-electron chi connectivity index (χ3n) is 6.66. The van der Waals surface area contributed by atoms with Crippen LogP contribution >= 0.6 is 0 Å². The highest BCUT2D eigenvalue weighted by atomic mass is 16.2. The Kier molecular flexibility index (Phi) is 7.10. The summed E-state index contributed by atoms with van der Waals surface area (Å²) in [4.78, 5) is 29.6. The first-order chi connectivity index (χ1) is 15.5. The van der Waals surface area contributed by atoms with Crippen molar-refractivity contribution in [3.8, 4) is 0 Å². The van der Waals surface area contributed by atoms with Crippen molar-refractivity contribution in [2.45, 2.75) is 45.2 Å². The van der Waals surface area contributed by atoms with Gasteiger partial charge in [0.2, 0.25) is 0 Å². The molecule has 2 aromatic rings. The molecule has 6 nitrogen and oxygen atoms in total. The molecule has 2 aliphatic rings. The maximum absolute atomic E-state index is 12.5. The summed E-state index contributed by atoms with van der Waals surface area (Å²) in [5.41, 5.74) is 6.05. The summed E-state index contributed by atoms with van der Waals surface area (Å²) < 4.78 is 0. The van der Waals surface area contributed by atoms with Crippen LogP contribution in [0.5, 0.6) is 0 Å². The lowest BCUT2D eigenvalue weighted by Crippen LogP contribution is -2.43. The Morgan fingerprint density at radius 1 is 0.938 bits per heavy atom. The lowest BCUT2D eigenvalue weighted by atomic mass is 9.96. The molecule has 170 valence electrons. The number of benzene rings is 2. The fraction of sp³-hybridized carbons (Fsp3) is 0.462. The van der Waals surface area contributed by atoms with Crippen LogP contribution in [0.15, 0.2) is 42.5 Å². The predicted octanol–water partition coefficient (Wildman–Crippen LogP) is 2.95. The average molecular weight is 435 g/mol. The smallest absolute Gasteiger partial charge is 0.309 e. The van der Waals surface area contributed by atoms with Crippen LogP contribution in [0.2, 0.25) is 0 Å². The molecule has 6 heteroatoms. The summed E-state index contributed by atoms with van der Waals surface area (Å²) >= 11 is 0. The summed E-state index contributed by atoms with van der Waals surface area (Å²) in [7, 11) is 2.14. The first-order valence-corrected chi connectivity index (χ1v) is 11.7. The summed E-state index contributed by atoms with van der Waals surface area (Å²) in [6.45, 7) is 5.95. The van der Waals surface area contributed by atoms with Crippen LogP contribution in [0.1, 0.15) is 47.6 Å². The fourth-order valence-electron chi connectivity index (χ4n) is 4.76. The van der Waals surface area contributed by atoms with Gasteiger partial charge in [-0.2, -0.15) is 0 Å². The van der Waals surface area contributed by atoms with E-state index in [4.69, 9.17) is 0 Å². The molecule has 0 saturated carbocycles. The maximum atomic E-state index is 12.5. The Bertz CT molecular complexity index is 951. The van der Waals surface area contributed by atoms with E-state index in [-0.39, 0.29) is 6.04 Å². The number of likely N-dealkylation sites (tertiary alicyclic amines) is 1. The second-order valence-electron chi connectivity index (χ2n) is 9.05. The molecule has 0 spiro atoms. The van der Waals surface area contributed by atoms with Crippen molar-refractivity contribution >= 4 is 17.5 Å². The highest BCUT2D eigenvalue weighted by molar-refractivity contribution is 6.35. The van der Waals surface area contributed by atoms with E-state index in [9.17, 15) is 9.59 Å². The van der Waals surface area contributed by atoms with E-state index in [0.717, 1.165) is 31.6 Å². The zero-order valence-corrected chi connectivity index (χ0v) is 19.2. The number of hydrogen-bond acceptors (Lipinski definition) is 4. The van der Waals surface area contributed by atoms with Crippen LogP contribution in [0.4, 0.5) is 5.69 Å². The van der Waals surface area contributed by atoms with Crippen molar-refractivity contribution < 1.29 is 9.59 Å². The van der Waals surface area contributed by atoms with E-state index in [0.29, 0.717) is 13.1 Å². The number of amides is 2. The van der Waals surface area contributed by atoms with Crippen molar-refractivity contribution in [3.05, 3.63) is 64.7 Å². The van der Waals surface area contributed by atoms with Gasteiger partial charge in [0.05, 0.1) is 6.04 Å². The Morgan fingerprint density at radius 3 is 2.41 bits per heavy atom. The highest BCUT2D eigenvalue weighted by Gasteiger charge is 2.26. The van der Waals surface area contributed by atoms with Crippen LogP contribution in [0, 0.1) is 6.92 Å². The number of fused-ring (bicyclic) bond motifs is 1. The molecule has 32 heavy (non-hydrogen) atoms.